The number of rotatable bonds is 4. The highest BCUT2D eigenvalue weighted by atomic mass is 16.6. The fourth-order valence-corrected chi connectivity index (χ4v) is 3.06. The number of carbonyl (C=O) groups excluding carboxylic acids is 2. The number of aromatic amines is 1. The summed E-state index contributed by atoms with van der Waals surface area (Å²) in [5.74, 6) is -1.10. The van der Waals surface area contributed by atoms with Crippen molar-refractivity contribution in [2.24, 2.45) is 0 Å². The summed E-state index contributed by atoms with van der Waals surface area (Å²) in [6.07, 6.45) is -1.79. The third kappa shape index (κ3) is 3.60. The lowest BCUT2D eigenvalue weighted by atomic mass is 10.2. The molecule has 1 aliphatic heterocycles. The monoisotopic (exact) mass is 399 g/mol. The highest BCUT2D eigenvalue weighted by Crippen LogP contribution is 2.30. The van der Waals surface area contributed by atoms with Crippen molar-refractivity contribution < 1.29 is 24.2 Å². The van der Waals surface area contributed by atoms with E-state index in [4.69, 9.17) is 9.47 Å². The van der Waals surface area contributed by atoms with Gasteiger partial charge < -0.3 is 14.6 Å². The van der Waals surface area contributed by atoms with Crippen molar-refractivity contribution in [3.05, 3.63) is 52.6 Å². The average Bonchev–Trinajstić information content (AvgIpc) is 3.26. The van der Waals surface area contributed by atoms with Crippen LogP contribution in [-0.4, -0.2) is 55.3 Å². The Morgan fingerprint density at radius 3 is 2.83 bits per heavy atom. The summed E-state index contributed by atoms with van der Waals surface area (Å²) in [5.41, 5.74) is -0.119. The molecule has 0 bridgehead atoms. The van der Waals surface area contributed by atoms with Crippen molar-refractivity contribution in [3.63, 3.8) is 0 Å². The van der Waals surface area contributed by atoms with Gasteiger partial charge in [-0.3, -0.25) is 24.5 Å². The first-order valence-electron chi connectivity index (χ1n) is 8.74. The Labute approximate surface area is 163 Å². The summed E-state index contributed by atoms with van der Waals surface area (Å²) in [5, 5.41) is 12.7. The molecule has 0 unspecified atom stereocenters. The van der Waals surface area contributed by atoms with Gasteiger partial charge in [-0.05, 0) is 12.1 Å². The highest BCUT2D eigenvalue weighted by molar-refractivity contribution is 5.89. The molecule has 11 nitrogen and oxygen atoms in total. The first-order chi connectivity index (χ1) is 13.9. The van der Waals surface area contributed by atoms with Crippen LogP contribution in [0.2, 0.25) is 0 Å². The van der Waals surface area contributed by atoms with Crippen LogP contribution in [0.5, 0.6) is 0 Å². The molecule has 29 heavy (non-hydrogen) atoms. The first kappa shape index (κ1) is 18.8. The second-order valence-electron chi connectivity index (χ2n) is 6.45. The zero-order valence-electron chi connectivity index (χ0n) is 15.2. The van der Waals surface area contributed by atoms with E-state index >= 15 is 0 Å². The van der Waals surface area contributed by atoms with Crippen LogP contribution < -0.4 is 10.9 Å². The lowest BCUT2D eigenvalue weighted by Gasteiger charge is -2.22. The van der Waals surface area contributed by atoms with E-state index in [-0.39, 0.29) is 23.7 Å². The molecule has 1 aromatic carbocycles. The Morgan fingerprint density at radius 2 is 2.10 bits per heavy atom. The number of nitrogens with zero attached hydrogens (tertiary/aromatic N) is 3. The molecule has 3 heterocycles. The average molecular weight is 399 g/mol. The minimum absolute atomic E-state index is 0.0113. The predicted molar refractivity (Wildman–Crippen MR) is 99.1 cm³/mol. The van der Waals surface area contributed by atoms with Crippen molar-refractivity contribution in [1.29, 1.82) is 0 Å². The Morgan fingerprint density at radius 1 is 1.34 bits per heavy atom. The van der Waals surface area contributed by atoms with Crippen molar-refractivity contribution in [2.45, 2.75) is 25.4 Å². The zero-order valence-corrected chi connectivity index (χ0v) is 15.2. The maximum atomic E-state index is 12.4. The number of benzene rings is 1. The Balaban J connectivity index is 1.68. The zero-order chi connectivity index (χ0) is 20.5. The van der Waals surface area contributed by atoms with Crippen LogP contribution in [-0.2, 0) is 14.3 Å². The van der Waals surface area contributed by atoms with E-state index in [1.807, 2.05) is 0 Å². The summed E-state index contributed by atoms with van der Waals surface area (Å²) >= 11 is 0. The van der Waals surface area contributed by atoms with Gasteiger partial charge in [-0.1, -0.05) is 18.2 Å². The van der Waals surface area contributed by atoms with E-state index in [1.54, 1.807) is 30.3 Å². The van der Waals surface area contributed by atoms with Gasteiger partial charge in [-0.25, -0.2) is 9.78 Å². The lowest BCUT2D eigenvalue weighted by molar-refractivity contribution is -0.114. The number of ether oxygens (including phenoxy) is 2. The number of hydrogen-bond acceptors (Lipinski definition) is 8. The number of imidazole rings is 1. The molecular weight excluding hydrogens is 382 g/mol. The van der Waals surface area contributed by atoms with E-state index in [0.717, 1.165) is 0 Å². The van der Waals surface area contributed by atoms with Gasteiger partial charge in [0.2, 0.25) is 11.9 Å². The maximum absolute atomic E-state index is 12.4. The van der Waals surface area contributed by atoms with Crippen LogP contribution in [0.25, 0.3) is 11.2 Å². The Bertz CT molecular complexity index is 1120. The molecule has 1 aliphatic rings. The molecule has 0 aliphatic carbocycles. The highest BCUT2D eigenvalue weighted by Gasteiger charge is 2.41. The number of amides is 1. The lowest BCUT2D eigenvalue weighted by Crippen LogP contribution is -2.33. The summed E-state index contributed by atoms with van der Waals surface area (Å²) in [6.45, 7) is 1.19. The van der Waals surface area contributed by atoms with E-state index in [1.165, 1.54) is 17.8 Å². The van der Waals surface area contributed by atoms with Crippen LogP contribution in [0.1, 0.15) is 23.5 Å². The van der Waals surface area contributed by atoms with E-state index in [9.17, 15) is 19.5 Å². The molecule has 3 atom stereocenters. The largest absolute Gasteiger partial charge is 0.451 e. The van der Waals surface area contributed by atoms with Gasteiger partial charge in [0.25, 0.3) is 5.56 Å². The van der Waals surface area contributed by atoms with Gasteiger partial charge in [0.05, 0.1) is 18.5 Å². The van der Waals surface area contributed by atoms with Crippen LogP contribution in [0.3, 0.4) is 0 Å². The SMILES string of the molecule is CC(=O)Nc1nc2c(ncn2[C@@H]2OC[C@H](O)[C@H]2OC(=O)c2ccccc2)c(=O)[nH]1. The van der Waals surface area contributed by atoms with Crippen LogP contribution >= 0.6 is 0 Å². The molecular formula is C18H17N5O6. The summed E-state index contributed by atoms with van der Waals surface area (Å²) < 4.78 is 12.4. The Kier molecular flexibility index (Phi) is 4.82. The Hall–Kier alpha value is -3.57. The van der Waals surface area contributed by atoms with Crippen LogP contribution in [0.4, 0.5) is 5.95 Å². The topological polar surface area (TPSA) is 148 Å². The molecule has 0 radical (unpaired) electrons. The number of aliphatic hydroxyl groups is 1. The standard InChI is InChI=1S/C18H17N5O6/c1-9(24)20-18-21-14-12(15(26)22-18)19-8-23(14)16-13(11(25)7-28-16)29-17(27)10-5-3-2-4-6-10/h2-6,8,11,13,16,25H,7H2,1H3,(H2,20,21,22,24,26)/t11-,13+,16+/m0/s1. The smallest absolute Gasteiger partial charge is 0.338 e. The molecule has 3 aromatic rings. The molecule has 0 saturated carbocycles. The molecule has 2 aromatic heterocycles. The second kappa shape index (κ2) is 7.45. The van der Waals surface area contributed by atoms with Gasteiger partial charge in [-0.15, -0.1) is 0 Å². The molecule has 0 spiro atoms. The van der Waals surface area contributed by atoms with Gasteiger partial charge in [-0.2, -0.15) is 4.98 Å². The van der Waals surface area contributed by atoms with E-state index in [0.29, 0.717) is 5.56 Å². The second-order valence-corrected chi connectivity index (χ2v) is 6.45. The summed E-state index contributed by atoms with van der Waals surface area (Å²) in [7, 11) is 0. The number of nitrogens with one attached hydrogen (secondary N) is 2. The summed E-state index contributed by atoms with van der Waals surface area (Å²) in [4.78, 5) is 46.5. The van der Waals surface area contributed by atoms with Crippen molar-refractivity contribution in [3.8, 4) is 0 Å². The minimum Gasteiger partial charge on any atom is -0.451 e. The number of aromatic nitrogens is 4. The third-order valence-electron chi connectivity index (χ3n) is 4.35. The first-order valence-corrected chi connectivity index (χ1v) is 8.74. The summed E-state index contributed by atoms with van der Waals surface area (Å²) in [6, 6.07) is 8.33. The van der Waals surface area contributed by atoms with Gasteiger partial charge in [0.1, 0.15) is 6.10 Å². The van der Waals surface area contributed by atoms with Crippen molar-refractivity contribution >= 4 is 29.0 Å². The van der Waals surface area contributed by atoms with Gasteiger partial charge in [0.15, 0.2) is 23.5 Å². The number of fused-ring (bicyclic) bond motifs is 1. The molecule has 3 N–H and O–H groups in total. The molecule has 1 fully saturated rings. The van der Waals surface area contributed by atoms with Gasteiger partial charge in [0, 0.05) is 6.92 Å². The van der Waals surface area contributed by atoms with Crippen LogP contribution in [0.15, 0.2) is 41.5 Å². The fraction of sp³-hybridized carbons (Fsp3) is 0.278. The third-order valence-corrected chi connectivity index (χ3v) is 4.35. The fourth-order valence-electron chi connectivity index (χ4n) is 3.06. The van der Waals surface area contributed by atoms with Crippen LogP contribution in [0, 0.1) is 0 Å². The molecule has 4 rings (SSSR count). The number of esters is 1. The van der Waals surface area contributed by atoms with E-state index in [2.05, 4.69) is 20.3 Å². The number of H-pyrrole nitrogens is 1. The van der Waals surface area contributed by atoms with Crippen molar-refractivity contribution in [1.82, 2.24) is 19.5 Å². The minimum atomic E-state index is -1.08. The molecule has 150 valence electrons. The van der Waals surface area contributed by atoms with Gasteiger partial charge >= 0.3 is 5.97 Å². The normalized spacial score (nSPS) is 21.2. The number of aliphatic hydroxyl groups excluding tert-OH is 1. The number of anilines is 1. The quantitative estimate of drug-likeness (QED) is 0.527. The van der Waals surface area contributed by atoms with Crippen molar-refractivity contribution in [2.75, 3.05) is 11.9 Å². The van der Waals surface area contributed by atoms with E-state index < -0.39 is 35.9 Å². The number of carbonyl (C=O) groups is 2. The maximum Gasteiger partial charge on any atom is 0.338 e. The predicted octanol–water partition coefficient (Wildman–Crippen LogP) is 0.193. The molecule has 1 amide bonds. The number of hydrogen-bond donors (Lipinski definition) is 3. The molecule has 11 heteroatoms. The molecule has 1 saturated heterocycles.